The Morgan fingerprint density at radius 1 is 1.06 bits per heavy atom. The summed E-state index contributed by atoms with van der Waals surface area (Å²) in [4.78, 5) is 40.6. The molecule has 1 saturated heterocycles. The molecule has 0 radical (unpaired) electrons. The summed E-state index contributed by atoms with van der Waals surface area (Å²) < 4.78 is 5.67. The summed E-state index contributed by atoms with van der Waals surface area (Å²) in [5.41, 5.74) is 1.20. The maximum absolute atomic E-state index is 13.1. The van der Waals surface area contributed by atoms with Crippen molar-refractivity contribution in [3.05, 3.63) is 65.2 Å². The molecule has 1 atom stereocenters. The lowest BCUT2D eigenvalue weighted by Crippen LogP contribution is -2.56. The molecule has 10 heteroatoms. The fourth-order valence-electron chi connectivity index (χ4n) is 3.75. The van der Waals surface area contributed by atoms with E-state index in [-0.39, 0.29) is 61.7 Å². The zero-order valence-electron chi connectivity index (χ0n) is 19.9. The van der Waals surface area contributed by atoms with E-state index in [1.54, 1.807) is 4.90 Å². The van der Waals surface area contributed by atoms with Crippen molar-refractivity contribution in [2.75, 3.05) is 32.8 Å². The molecule has 1 unspecified atom stereocenters. The number of benzene rings is 2. The maximum Gasteiger partial charge on any atom is 0.264 e. The van der Waals surface area contributed by atoms with Gasteiger partial charge in [-0.25, -0.2) is 0 Å². The van der Waals surface area contributed by atoms with Gasteiger partial charge in [-0.15, -0.1) is 0 Å². The highest BCUT2D eigenvalue weighted by atomic mass is 16.5. The van der Waals surface area contributed by atoms with Crippen LogP contribution >= 0.6 is 0 Å². The number of nitrogens with zero attached hydrogens (tertiary/aromatic N) is 3. The molecule has 0 aliphatic carbocycles. The van der Waals surface area contributed by atoms with Gasteiger partial charge in [0.1, 0.15) is 17.7 Å². The molecule has 3 rings (SSSR count). The third-order valence-corrected chi connectivity index (χ3v) is 5.61. The topological polar surface area (TPSA) is 143 Å². The summed E-state index contributed by atoms with van der Waals surface area (Å²) >= 11 is 0. The van der Waals surface area contributed by atoms with E-state index in [9.17, 15) is 29.9 Å². The molecule has 0 spiro atoms. The van der Waals surface area contributed by atoms with Crippen molar-refractivity contribution < 1.29 is 29.3 Å². The van der Waals surface area contributed by atoms with Gasteiger partial charge in [-0.3, -0.25) is 14.4 Å². The lowest BCUT2D eigenvalue weighted by Gasteiger charge is -2.36. The molecule has 3 N–H and O–H groups in total. The van der Waals surface area contributed by atoms with Crippen molar-refractivity contribution in [1.82, 2.24) is 15.1 Å². The highest BCUT2D eigenvalue weighted by Gasteiger charge is 2.30. The van der Waals surface area contributed by atoms with Gasteiger partial charge < -0.3 is 30.1 Å². The summed E-state index contributed by atoms with van der Waals surface area (Å²) in [7, 11) is 0. The molecule has 0 saturated carbocycles. The van der Waals surface area contributed by atoms with Gasteiger partial charge in [0.15, 0.2) is 11.5 Å². The van der Waals surface area contributed by atoms with Crippen LogP contribution in [0.15, 0.2) is 54.1 Å². The van der Waals surface area contributed by atoms with Gasteiger partial charge in [-0.05, 0) is 29.3 Å². The highest BCUT2D eigenvalue weighted by Crippen LogP contribution is 2.26. The van der Waals surface area contributed by atoms with Crippen LogP contribution in [0.5, 0.6) is 11.5 Å². The number of ether oxygens (including phenoxy) is 1. The third kappa shape index (κ3) is 7.07. The first kappa shape index (κ1) is 26.2. The number of carbonyl (C=O) groups excluding carboxylic acids is 3. The molecule has 3 amide bonds. The molecule has 1 heterocycles. The van der Waals surface area contributed by atoms with Gasteiger partial charge in [0.25, 0.3) is 5.91 Å². The number of hydrogen-bond acceptors (Lipinski definition) is 7. The molecule has 36 heavy (non-hydrogen) atoms. The van der Waals surface area contributed by atoms with Gasteiger partial charge in [0.05, 0.1) is 13.2 Å². The van der Waals surface area contributed by atoms with Crippen LogP contribution in [0.3, 0.4) is 0 Å². The molecular weight excluding hydrogens is 464 g/mol. The zero-order valence-corrected chi connectivity index (χ0v) is 19.9. The van der Waals surface area contributed by atoms with Crippen molar-refractivity contribution in [2.45, 2.75) is 19.6 Å². The van der Waals surface area contributed by atoms with Crippen molar-refractivity contribution in [1.29, 1.82) is 5.26 Å². The summed E-state index contributed by atoms with van der Waals surface area (Å²) in [5, 5.41) is 31.2. The molecular formula is C26H28N4O6. The predicted octanol–water partition coefficient (Wildman–Crippen LogP) is 1.40. The van der Waals surface area contributed by atoms with Crippen LogP contribution in [0, 0.1) is 11.3 Å². The minimum Gasteiger partial charge on any atom is -0.504 e. The Kier molecular flexibility index (Phi) is 9.02. The Morgan fingerprint density at radius 3 is 2.33 bits per heavy atom. The number of carbonyl (C=O) groups is 3. The lowest BCUT2D eigenvalue weighted by molar-refractivity contribution is -0.142. The third-order valence-electron chi connectivity index (χ3n) is 5.61. The average molecular weight is 493 g/mol. The summed E-state index contributed by atoms with van der Waals surface area (Å²) in [6.45, 7) is 2.53. The van der Waals surface area contributed by atoms with Crippen molar-refractivity contribution >= 4 is 23.8 Å². The molecule has 2 aromatic rings. The van der Waals surface area contributed by atoms with Crippen LogP contribution in [-0.2, 0) is 25.7 Å². The molecule has 1 aliphatic heterocycles. The number of piperazine rings is 1. The number of phenols is 2. The molecule has 10 nitrogen and oxygen atoms in total. The fraction of sp³-hybridized carbons (Fsp3) is 0.308. The van der Waals surface area contributed by atoms with Gasteiger partial charge >= 0.3 is 0 Å². The lowest BCUT2D eigenvalue weighted by atomic mass is 10.1. The average Bonchev–Trinajstić information content (AvgIpc) is 2.88. The van der Waals surface area contributed by atoms with E-state index in [0.717, 1.165) is 5.56 Å². The molecule has 0 aromatic heterocycles. The smallest absolute Gasteiger partial charge is 0.264 e. The Hall–Kier alpha value is -4.36. The Labute approximate surface area is 209 Å². The fourth-order valence-corrected chi connectivity index (χ4v) is 3.75. The minimum absolute atomic E-state index is 0.00719. The summed E-state index contributed by atoms with van der Waals surface area (Å²) in [5.74, 6) is -1.82. The van der Waals surface area contributed by atoms with Gasteiger partial charge in [-0.2, -0.15) is 5.26 Å². The Bertz CT molecular complexity index is 1170. The van der Waals surface area contributed by atoms with E-state index in [0.29, 0.717) is 12.2 Å². The molecule has 2 aromatic carbocycles. The highest BCUT2D eigenvalue weighted by molar-refractivity contribution is 6.02. The van der Waals surface area contributed by atoms with Crippen molar-refractivity contribution in [3.8, 4) is 17.6 Å². The van der Waals surface area contributed by atoms with Crippen LogP contribution in [0.4, 0.5) is 0 Å². The number of nitrogens with one attached hydrogen (secondary N) is 1. The monoisotopic (exact) mass is 492 g/mol. The number of phenolic OH excluding ortho intramolecular Hbond substituents is 2. The second kappa shape index (κ2) is 12.4. The van der Waals surface area contributed by atoms with Crippen LogP contribution in [0.25, 0.3) is 6.08 Å². The van der Waals surface area contributed by atoms with Crippen LogP contribution in [-0.4, -0.2) is 76.6 Å². The zero-order chi connectivity index (χ0) is 26.1. The van der Waals surface area contributed by atoms with Gasteiger partial charge in [0, 0.05) is 33.1 Å². The normalized spacial score (nSPS) is 14.6. The van der Waals surface area contributed by atoms with E-state index < -0.39 is 11.9 Å². The quantitative estimate of drug-likeness (QED) is 0.287. The van der Waals surface area contributed by atoms with Crippen molar-refractivity contribution in [3.63, 3.8) is 0 Å². The van der Waals surface area contributed by atoms with Crippen molar-refractivity contribution in [2.24, 2.45) is 0 Å². The molecule has 188 valence electrons. The SMILES string of the molecule is CC(=O)NC(COCc1ccccc1)C(=O)N1CCN(C(=O)C(C#N)=Cc2ccc(O)c(O)c2)CC1. The number of hydrogen-bond donors (Lipinski definition) is 3. The van der Waals surface area contributed by atoms with Crippen LogP contribution < -0.4 is 5.32 Å². The Morgan fingerprint density at radius 2 is 1.72 bits per heavy atom. The van der Waals surface area contributed by atoms with E-state index in [1.165, 1.54) is 36.1 Å². The second-order valence-electron chi connectivity index (χ2n) is 8.29. The van der Waals surface area contributed by atoms with Crippen LogP contribution in [0.2, 0.25) is 0 Å². The van der Waals surface area contributed by atoms with E-state index in [4.69, 9.17) is 4.74 Å². The predicted molar refractivity (Wildman–Crippen MR) is 130 cm³/mol. The van der Waals surface area contributed by atoms with Gasteiger partial charge in [-0.1, -0.05) is 36.4 Å². The first-order chi connectivity index (χ1) is 17.3. The number of nitriles is 1. The van der Waals surface area contributed by atoms with E-state index in [1.807, 2.05) is 36.4 Å². The number of amides is 3. The van der Waals surface area contributed by atoms with Gasteiger partial charge in [0.2, 0.25) is 11.8 Å². The maximum atomic E-state index is 13.1. The molecule has 1 fully saturated rings. The largest absolute Gasteiger partial charge is 0.504 e. The number of aromatic hydroxyl groups is 2. The summed E-state index contributed by atoms with van der Waals surface area (Å²) in [6.07, 6.45) is 1.33. The molecule has 1 aliphatic rings. The first-order valence-electron chi connectivity index (χ1n) is 11.4. The summed E-state index contributed by atoms with van der Waals surface area (Å²) in [6, 6.07) is 14.5. The molecule has 0 bridgehead atoms. The minimum atomic E-state index is -0.856. The van der Waals surface area contributed by atoms with E-state index in [2.05, 4.69) is 5.32 Å². The van der Waals surface area contributed by atoms with Crippen LogP contribution in [0.1, 0.15) is 18.1 Å². The first-order valence-corrected chi connectivity index (χ1v) is 11.4. The van der Waals surface area contributed by atoms with E-state index >= 15 is 0 Å². The standard InChI is InChI=1S/C26H28N4O6/c1-18(31)28-22(17-36-16-19-5-3-2-4-6-19)26(35)30-11-9-29(10-12-30)25(34)21(15-27)13-20-7-8-23(32)24(33)14-20/h2-8,13-14,22,32-33H,9-12,16-17H2,1H3,(H,28,31). The number of rotatable bonds is 8. The second-order valence-corrected chi connectivity index (χ2v) is 8.29. The Balaban J connectivity index is 1.58.